The molecule has 1 N–H and O–H groups in total. The van der Waals surface area contributed by atoms with E-state index >= 15 is 0 Å². The van der Waals surface area contributed by atoms with Gasteiger partial charge in [0.15, 0.2) is 0 Å². The van der Waals surface area contributed by atoms with Gasteiger partial charge in [0.1, 0.15) is 17.9 Å². The highest BCUT2D eigenvalue weighted by Gasteiger charge is 2.33. The lowest BCUT2D eigenvalue weighted by molar-refractivity contribution is -0.146. The number of methoxy groups -OCH3 is 1. The number of rotatable bonds is 8. The second-order valence-corrected chi connectivity index (χ2v) is 8.65. The van der Waals surface area contributed by atoms with Gasteiger partial charge in [0.05, 0.1) is 12.7 Å². The number of piperazine rings is 1. The van der Waals surface area contributed by atoms with E-state index in [9.17, 15) is 14.4 Å². The summed E-state index contributed by atoms with van der Waals surface area (Å²) in [6.45, 7) is 2.52. The number of ether oxygens (including phenoxy) is 2. The smallest absolute Gasteiger partial charge is 0.255 e. The predicted molar refractivity (Wildman–Crippen MR) is 119 cm³/mol. The number of thioether (sulfide) groups is 1. The summed E-state index contributed by atoms with van der Waals surface area (Å²) >= 11 is 1.63. The molecule has 2 fully saturated rings. The molecule has 0 radical (unpaired) electrons. The molecule has 170 valence electrons. The van der Waals surface area contributed by atoms with Gasteiger partial charge in [-0.15, -0.1) is 0 Å². The van der Waals surface area contributed by atoms with Crippen LogP contribution in [0.1, 0.15) is 29.6 Å². The monoisotopic (exact) mass is 449 g/mol. The minimum absolute atomic E-state index is 0.0213. The number of nitrogens with one attached hydrogen (secondary N) is 1. The summed E-state index contributed by atoms with van der Waals surface area (Å²) in [6, 6.07) is 6.34. The van der Waals surface area contributed by atoms with Crippen LogP contribution >= 0.6 is 11.8 Å². The molecule has 2 heterocycles. The summed E-state index contributed by atoms with van der Waals surface area (Å²) < 4.78 is 10.8. The normalized spacial score (nSPS) is 19.7. The highest BCUT2D eigenvalue weighted by atomic mass is 32.2. The molecule has 0 bridgehead atoms. The fourth-order valence-corrected chi connectivity index (χ4v) is 4.38. The molecule has 31 heavy (non-hydrogen) atoms. The lowest BCUT2D eigenvalue weighted by Crippen LogP contribution is -2.57. The van der Waals surface area contributed by atoms with Gasteiger partial charge in [-0.3, -0.25) is 14.4 Å². The van der Waals surface area contributed by atoms with E-state index in [0.29, 0.717) is 50.5 Å². The van der Waals surface area contributed by atoms with Gasteiger partial charge in [-0.05, 0) is 43.4 Å². The zero-order valence-electron chi connectivity index (χ0n) is 18.2. The lowest BCUT2D eigenvalue weighted by atomic mass is 10.1. The molecule has 2 aliphatic rings. The van der Waals surface area contributed by atoms with Crippen molar-refractivity contribution < 1.29 is 23.9 Å². The summed E-state index contributed by atoms with van der Waals surface area (Å²) in [5.74, 6) is 0.802. The van der Waals surface area contributed by atoms with E-state index in [1.54, 1.807) is 45.8 Å². The maximum atomic E-state index is 13.2. The fraction of sp³-hybridized carbons (Fsp3) is 0.591. The first-order valence-corrected chi connectivity index (χ1v) is 12.1. The fourth-order valence-electron chi connectivity index (χ4n) is 3.90. The Morgan fingerprint density at radius 2 is 1.90 bits per heavy atom. The van der Waals surface area contributed by atoms with Crippen molar-refractivity contribution in [1.82, 2.24) is 15.1 Å². The van der Waals surface area contributed by atoms with Gasteiger partial charge in [0, 0.05) is 32.8 Å². The zero-order chi connectivity index (χ0) is 22.2. The SMILES string of the molecule is COc1ccccc1C(=O)NC(CCSC)C(=O)N1CCN(C(=O)C2CCCO2)CC1. The summed E-state index contributed by atoms with van der Waals surface area (Å²) in [5.41, 5.74) is 0.402. The maximum Gasteiger partial charge on any atom is 0.255 e. The molecule has 1 aromatic carbocycles. The molecule has 0 spiro atoms. The van der Waals surface area contributed by atoms with Crippen molar-refractivity contribution in [3.63, 3.8) is 0 Å². The Bertz CT molecular complexity index is 776. The third-order valence-electron chi connectivity index (χ3n) is 5.67. The van der Waals surface area contributed by atoms with Crippen LogP contribution in [0.15, 0.2) is 24.3 Å². The molecule has 2 atom stereocenters. The molecule has 0 aliphatic carbocycles. The van der Waals surface area contributed by atoms with E-state index in [1.807, 2.05) is 6.26 Å². The van der Waals surface area contributed by atoms with Crippen molar-refractivity contribution in [2.24, 2.45) is 0 Å². The van der Waals surface area contributed by atoms with Crippen LogP contribution in [0, 0.1) is 0 Å². The number of amides is 3. The molecule has 9 heteroatoms. The van der Waals surface area contributed by atoms with E-state index in [4.69, 9.17) is 9.47 Å². The van der Waals surface area contributed by atoms with Gasteiger partial charge < -0.3 is 24.6 Å². The van der Waals surface area contributed by atoms with Crippen molar-refractivity contribution in [1.29, 1.82) is 0 Å². The first-order chi connectivity index (χ1) is 15.0. The third-order valence-corrected chi connectivity index (χ3v) is 6.32. The van der Waals surface area contributed by atoms with Crippen molar-refractivity contribution in [2.45, 2.75) is 31.4 Å². The van der Waals surface area contributed by atoms with Crippen molar-refractivity contribution in [3.05, 3.63) is 29.8 Å². The van der Waals surface area contributed by atoms with Crippen LogP contribution in [0.5, 0.6) is 5.75 Å². The van der Waals surface area contributed by atoms with Crippen LogP contribution < -0.4 is 10.1 Å². The van der Waals surface area contributed by atoms with Crippen LogP contribution in [-0.2, 0) is 14.3 Å². The second kappa shape index (κ2) is 11.4. The Morgan fingerprint density at radius 1 is 1.19 bits per heavy atom. The first kappa shape index (κ1) is 23.4. The van der Waals surface area contributed by atoms with Gasteiger partial charge in [0.2, 0.25) is 5.91 Å². The highest BCUT2D eigenvalue weighted by molar-refractivity contribution is 7.98. The molecule has 2 saturated heterocycles. The molecule has 3 amide bonds. The molecule has 3 rings (SSSR count). The Morgan fingerprint density at radius 3 is 2.55 bits per heavy atom. The van der Waals surface area contributed by atoms with Crippen LogP contribution in [0.4, 0.5) is 0 Å². The van der Waals surface area contributed by atoms with Crippen LogP contribution in [0.2, 0.25) is 0 Å². The quantitative estimate of drug-likeness (QED) is 0.646. The minimum atomic E-state index is -0.620. The number of hydrogen-bond acceptors (Lipinski definition) is 6. The van der Waals surface area contributed by atoms with Crippen molar-refractivity contribution >= 4 is 29.5 Å². The lowest BCUT2D eigenvalue weighted by Gasteiger charge is -2.37. The molecular formula is C22H31N3O5S. The molecular weight excluding hydrogens is 418 g/mol. The van der Waals surface area contributed by atoms with Crippen LogP contribution in [-0.4, -0.2) is 91.6 Å². The summed E-state index contributed by atoms with van der Waals surface area (Å²) in [6.07, 6.45) is 3.85. The van der Waals surface area contributed by atoms with Crippen molar-refractivity contribution in [2.75, 3.05) is 51.9 Å². The Hall–Kier alpha value is -2.26. The number of para-hydroxylation sites is 1. The van der Waals surface area contributed by atoms with Crippen LogP contribution in [0.3, 0.4) is 0 Å². The number of hydrogen-bond donors (Lipinski definition) is 1. The largest absolute Gasteiger partial charge is 0.496 e. The standard InChI is InChI=1S/C22H31N3O5S/c1-29-18-7-4-3-6-16(18)20(26)23-17(9-15-31-2)21(27)24-10-12-25(13-11-24)22(28)19-8-5-14-30-19/h3-4,6-7,17,19H,5,8-15H2,1-2H3,(H,23,26). The van der Waals surface area contributed by atoms with Crippen LogP contribution in [0.25, 0.3) is 0 Å². The molecule has 1 aromatic rings. The van der Waals surface area contributed by atoms with E-state index in [-0.39, 0.29) is 23.8 Å². The molecule has 8 nitrogen and oxygen atoms in total. The van der Waals surface area contributed by atoms with E-state index < -0.39 is 6.04 Å². The minimum Gasteiger partial charge on any atom is -0.496 e. The highest BCUT2D eigenvalue weighted by Crippen LogP contribution is 2.19. The van der Waals surface area contributed by atoms with Crippen molar-refractivity contribution in [3.8, 4) is 5.75 Å². The van der Waals surface area contributed by atoms with E-state index in [2.05, 4.69) is 5.32 Å². The first-order valence-electron chi connectivity index (χ1n) is 10.7. The van der Waals surface area contributed by atoms with Gasteiger partial charge in [-0.25, -0.2) is 0 Å². The predicted octanol–water partition coefficient (Wildman–Crippen LogP) is 1.40. The summed E-state index contributed by atoms with van der Waals surface area (Å²) in [7, 11) is 1.51. The zero-order valence-corrected chi connectivity index (χ0v) is 19.0. The van der Waals surface area contributed by atoms with Gasteiger partial charge in [-0.1, -0.05) is 12.1 Å². The maximum absolute atomic E-state index is 13.2. The topological polar surface area (TPSA) is 88.2 Å². The third kappa shape index (κ3) is 5.92. The Balaban J connectivity index is 1.60. The van der Waals surface area contributed by atoms with Gasteiger partial charge >= 0.3 is 0 Å². The number of carbonyl (C=O) groups excluding carboxylic acids is 3. The average molecular weight is 450 g/mol. The summed E-state index contributed by atoms with van der Waals surface area (Å²) in [4.78, 5) is 42.1. The molecule has 2 unspecified atom stereocenters. The second-order valence-electron chi connectivity index (χ2n) is 7.66. The number of benzene rings is 1. The molecule has 2 aliphatic heterocycles. The number of nitrogens with zero attached hydrogens (tertiary/aromatic N) is 2. The number of carbonyl (C=O) groups is 3. The Kier molecular flexibility index (Phi) is 8.60. The van der Waals surface area contributed by atoms with E-state index in [1.165, 1.54) is 7.11 Å². The van der Waals surface area contributed by atoms with Gasteiger partial charge in [-0.2, -0.15) is 11.8 Å². The molecule has 0 saturated carbocycles. The Labute approximate surface area is 187 Å². The summed E-state index contributed by atoms with van der Waals surface area (Å²) in [5, 5.41) is 2.89. The average Bonchev–Trinajstić information content (AvgIpc) is 3.35. The van der Waals surface area contributed by atoms with Gasteiger partial charge in [0.25, 0.3) is 11.8 Å². The van der Waals surface area contributed by atoms with E-state index in [0.717, 1.165) is 18.6 Å². The molecule has 0 aromatic heterocycles.